The fourth-order valence-corrected chi connectivity index (χ4v) is 2.79. The summed E-state index contributed by atoms with van der Waals surface area (Å²) >= 11 is 4.12. The van der Waals surface area contributed by atoms with Crippen molar-refractivity contribution in [2.24, 2.45) is 0 Å². The lowest BCUT2D eigenvalue weighted by atomic mass is 10.1. The highest BCUT2D eigenvalue weighted by atomic mass is 79.9. The fourth-order valence-electron chi connectivity index (χ4n) is 1.85. The molecule has 0 amide bonds. The average molecular weight is 370 g/mol. The Morgan fingerprint density at radius 1 is 1.29 bits per heavy atom. The van der Waals surface area contributed by atoms with E-state index in [-0.39, 0.29) is 22.5 Å². The van der Waals surface area contributed by atoms with Gasteiger partial charge < -0.3 is 5.32 Å². The molecule has 8 heteroatoms. The maximum Gasteiger partial charge on any atom is 0.176 e. The third-order valence-corrected chi connectivity index (χ3v) is 4.00. The molecule has 21 heavy (non-hydrogen) atoms. The first-order valence-corrected chi connectivity index (χ1v) is 7.28. The first-order chi connectivity index (χ1) is 10.1. The largest absolute Gasteiger partial charge is 0.350 e. The number of carbonyl (C=O) groups excluding carboxylic acids is 1. The average Bonchev–Trinajstić information content (AvgIpc) is 2.92. The number of benzene rings is 2. The van der Waals surface area contributed by atoms with Gasteiger partial charge in [0, 0.05) is 10.0 Å². The Hall–Kier alpha value is -1.93. The van der Waals surface area contributed by atoms with Gasteiger partial charge in [-0.25, -0.2) is 8.78 Å². The fraction of sp³-hybridized carbons (Fsp3) is 0. The first-order valence-electron chi connectivity index (χ1n) is 5.72. The van der Waals surface area contributed by atoms with Gasteiger partial charge in [-0.05, 0) is 35.8 Å². The van der Waals surface area contributed by atoms with E-state index in [0.29, 0.717) is 15.5 Å². The van der Waals surface area contributed by atoms with Crippen molar-refractivity contribution in [2.45, 2.75) is 0 Å². The van der Waals surface area contributed by atoms with Gasteiger partial charge in [-0.15, -0.1) is 5.10 Å². The Kier molecular flexibility index (Phi) is 3.64. The number of hydrogen-bond donors (Lipinski definition) is 1. The first kappa shape index (κ1) is 14.0. The third kappa shape index (κ3) is 2.52. The van der Waals surface area contributed by atoms with Gasteiger partial charge in [0.05, 0.1) is 16.1 Å². The molecule has 0 unspecified atom stereocenters. The number of anilines is 2. The molecule has 0 saturated heterocycles. The van der Waals surface area contributed by atoms with Gasteiger partial charge >= 0.3 is 0 Å². The molecule has 0 aliphatic rings. The Balaban J connectivity index is 2.14. The van der Waals surface area contributed by atoms with E-state index in [1.807, 2.05) is 0 Å². The highest BCUT2D eigenvalue weighted by Gasteiger charge is 2.17. The summed E-state index contributed by atoms with van der Waals surface area (Å²) in [5, 5.41) is 6.27. The molecule has 1 aromatic heterocycles. The molecule has 0 bridgehead atoms. The Morgan fingerprint density at radius 2 is 2.10 bits per heavy atom. The minimum Gasteiger partial charge on any atom is -0.350 e. The van der Waals surface area contributed by atoms with Crippen LogP contribution in [0.25, 0.3) is 10.2 Å². The number of halogens is 3. The van der Waals surface area contributed by atoms with Crippen molar-refractivity contribution < 1.29 is 13.6 Å². The number of carbonyl (C=O) groups is 1. The molecule has 1 heterocycles. The standard InChI is InChI=1S/C13H6BrF2N3OS/c14-7-1-2-9(8(15)4-7)17-12-6(5-20)3-10-13(11(12)16)18-19-21-10/h1-5,17H. The van der Waals surface area contributed by atoms with E-state index in [9.17, 15) is 13.6 Å². The summed E-state index contributed by atoms with van der Waals surface area (Å²) in [6.07, 6.45) is 0.501. The lowest BCUT2D eigenvalue weighted by Gasteiger charge is -2.11. The van der Waals surface area contributed by atoms with E-state index < -0.39 is 11.6 Å². The van der Waals surface area contributed by atoms with Gasteiger partial charge in [-0.2, -0.15) is 0 Å². The summed E-state index contributed by atoms with van der Waals surface area (Å²) < 4.78 is 32.9. The van der Waals surface area contributed by atoms with Gasteiger partial charge in [0.25, 0.3) is 0 Å². The van der Waals surface area contributed by atoms with E-state index in [0.717, 1.165) is 11.5 Å². The number of nitrogens with zero attached hydrogens (tertiary/aromatic N) is 2. The second-order valence-corrected chi connectivity index (χ2v) is 5.84. The van der Waals surface area contributed by atoms with E-state index in [2.05, 4.69) is 30.8 Å². The number of aldehydes is 1. The van der Waals surface area contributed by atoms with Gasteiger partial charge in [-0.3, -0.25) is 4.79 Å². The molecule has 0 atom stereocenters. The number of fused-ring (bicyclic) bond motifs is 1. The van der Waals surface area contributed by atoms with Crippen LogP contribution in [0.3, 0.4) is 0 Å². The quantitative estimate of drug-likeness (QED) is 0.699. The summed E-state index contributed by atoms with van der Waals surface area (Å²) in [5.41, 5.74) is 0.0631. The minimum atomic E-state index is -0.731. The Labute approximate surface area is 130 Å². The van der Waals surface area contributed by atoms with Gasteiger partial charge in [0.2, 0.25) is 0 Å². The summed E-state index contributed by atoms with van der Waals surface area (Å²) in [5.74, 6) is -1.30. The lowest BCUT2D eigenvalue weighted by molar-refractivity contribution is 0.112. The molecule has 106 valence electrons. The predicted molar refractivity (Wildman–Crippen MR) is 80.1 cm³/mol. The van der Waals surface area contributed by atoms with Crippen LogP contribution in [0.2, 0.25) is 0 Å². The molecule has 0 aliphatic heterocycles. The van der Waals surface area contributed by atoms with Crippen LogP contribution >= 0.6 is 27.5 Å². The molecule has 0 fully saturated rings. The maximum absolute atomic E-state index is 14.4. The van der Waals surface area contributed by atoms with Gasteiger partial charge in [-0.1, -0.05) is 20.4 Å². The van der Waals surface area contributed by atoms with Crippen LogP contribution in [0.1, 0.15) is 10.4 Å². The zero-order valence-corrected chi connectivity index (χ0v) is 12.6. The number of rotatable bonds is 3. The van der Waals surface area contributed by atoms with Crippen molar-refractivity contribution in [1.82, 2.24) is 9.59 Å². The number of nitrogens with one attached hydrogen (secondary N) is 1. The van der Waals surface area contributed by atoms with Crippen molar-refractivity contribution in [3.8, 4) is 0 Å². The normalized spacial score (nSPS) is 10.8. The van der Waals surface area contributed by atoms with E-state index in [1.54, 1.807) is 6.07 Å². The molecular formula is C13H6BrF2N3OS. The summed E-state index contributed by atoms with van der Waals surface area (Å²) in [7, 11) is 0. The molecule has 0 radical (unpaired) electrons. The van der Waals surface area contributed by atoms with Crippen LogP contribution in [0.15, 0.2) is 28.7 Å². The second-order valence-electron chi connectivity index (χ2n) is 4.14. The Morgan fingerprint density at radius 3 is 2.81 bits per heavy atom. The Bertz CT molecular complexity index is 853. The third-order valence-electron chi connectivity index (χ3n) is 2.83. The van der Waals surface area contributed by atoms with Crippen molar-refractivity contribution in [3.05, 3.63) is 45.9 Å². The maximum atomic E-state index is 14.4. The SMILES string of the molecule is O=Cc1cc2snnc2c(F)c1Nc1ccc(Br)cc1F. The van der Waals surface area contributed by atoms with Crippen LogP contribution in [0.4, 0.5) is 20.2 Å². The van der Waals surface area contributed by atoms with Crippen LogP contribution in [-0.2, 0) is 0 Å². The van der Waals surface area contributed by atoms with Crippen LogP contribution in [0, 0.1) is 11.6 Å². The van der Waals surface area contributed by atoms with Gasteiger partial charge in [0.1, 0.15) is 11.3 Å². The minimum absolute atomic E-state index is 0.0469. The van der Waals surface area contributed by atoms with E-state index in [1.165, 1.54) is 18.2 Å². The monoisotopic (exact) mass is 369 g/mol. The van der Waals surface area contributed by atoms with E-state index >= 15 is 0 Å². The highest BCUT2D eigenvalue weighted by molar-refractivity contribution is 9.10. The second kappa shape index (κ2) is 5.45. The smallest absolute Gasteiger partial charge is 0.176 e. The zero-order valence-electron chi connectivity index (χ0n) is 10.2. The number of hydrogen-bond acceptors (Lipinski definition) is 5. The van der Waals surface area contributed by atoms with Crippen LogP contribution in [-0.4, -0.2) is 15.9 Å². The zero-order chi connectivity index (χ0) is 15.0. The van der Waals surface area contributed by atoms with Crippen molar-refractivity contribution in [3.63, 3.8) is 0 Å². The molecule has 2 aromatic carbocycles. The van der Waals surface area contributed by atoms with Crippen molar-refractivity contribution in [1.29, 1.82) is 0 Å². The molecule has 1 N–H and O–H groups in total. The molecule has 0 aliphatic carbocycles. The summed E-state index contributed by atoms with van der Waals surface area (Å²) in [6.45, 7) is 0. The topological polar surface area (TPSA) is 54.9 Å². The molecular weight excluding hydrogens is 364 g/mol. The predicted octanol–water partition coefficient (Wildman–Crippen LogP) is 4.29. The summed E-state index contributed by atoms with van der Waals surface area (Å²) in [4.78, 5) is 11.1. The van der Waals surface area contributed by atoms with Crippen LogP contribution < -0.4 is 5.32 Å². The van der Waals surface area contributed by atoms with Crippen molar-refractivity contribution in [2.75, 3.05) is 5.32 Å². The molecule has 0 spiro atoms. The molecule has 3 rings (SSSR count). The summed E-state index contributed by atoms with van der Waals surface area (Å²) in [6, 6.07) is 5.75. The highest BCUT2D eigenvalue weighted by Crippen LogP contribution is 2.32. The van der Waals surface area contributed by atoms with Crippen molar-refractivity contribution >= 4 is 55.3 Å². The molecule has 4 nitrogen and oxygen atoms in total. The molecule has 0 saturated carbocycles. The van der Waals surface area contributed by atoms with Gasteiger partial charge in [0.15, 0.2) is 12.1 Å². The van der Waals surface area contributed by atoms with E-state index in [4.69, 9.17) is 0 Å². The number of aromatic nitrogens is 2. The molecule has 3 aromatic rings. The lowest BCUT2D eigenvalue weighted by Crippen LogP contribution is -2.01. The van der Waals surface area contributed by atoms with Crippen LogP contribution in [0.5, 0.6) is 0 Å².